The Morgan fingerprint density at radius 2 is 1.93 bits per heavy atom. The fourth-order valence-corrected chi connectivity index (χ4v) is 1.55. The molecule has 0 bridgehead atoms. The van der Waals surface area contributed by atoms with E-state index in [0.717, 1.165) is 0 Å². The van der Waals surface area contributed by atoms with E-state index in [1.165, 1.54) is 0 Å². The van der Waals surface area contributed by atoms with Gasteiger partial charge in [-0.3, -0.25) is 0 Å². The fraction of sp³-hybridized carbons (Fsp3) is 0.556. The van der Waals surface area contributed by atoms with Crippen LogP contribution in [0.5, 0.6) is 0 Å². The van der Waals surface area contributed by atoms with Gasteiger partial charge < -0.3 is 4.74 Å². The molecule has 5 heteroatoms. The van der Waals surface area contributed by atoms with Crippen molar-refractivity contribution in [2.45, 2.75) is 12.5 Å². The van der Waals surface area contributed by atoms with E-state index < -0.39 is 11.6 Å². The number of ether oxygens (including phenoxy) is 1. The van der Waals surface area contributed by atoms with Crippen LogP contribution in [0.4, 0.5) is 0 Å². The van der Waals surface area contributed by atoms with Gasteiger partial charge in [0.1, 0.15) is 5.60 Å². The van der Waals surface area contributed by atoms with Gasteiger partial charge in [0, 0.05) is 17.9 Å². The van der Waals surface area contributed by atoms with Crippen LogP contribution in [0.2, 0.25) is 0 Å². The number of rotatable bonds is 6. The van der Waals surface area contributed by atoms with Crippen LogP contribution < -0.4 is 0 Å². The van der Waals surface area contributed by atoms with Gasteiger partial charge in [0.05, 0.1) is 11.8 Å². The molecule has 0 amide bonds. The van der Waals surface area contributed by atoms with E-state index in [0.29, 0.717) is 5.57 Å². The molecule has 0 aliphatic rings. The van der Waals surface area contributed by atoms with E-state index in [1.807, 2.05) is 0 Å². The predicted molar refractivity (Wildman–Crippen MR) is 60.1 cm³/mol. The second-order valence-corrected chi connectivity index (χ2v) is 3.70. The van der Waals surface area contributed by atoms with Crippen LogP contribution in [0.1, 0.15) is 6.92 Å². The van der Waals surface area contributed by atoms with Gasteiger partial charge >= 0.3 is 5.97 Å². The molecule has 0 aromatic heterocycles. The summed E-state index contributed by atoms with van der Waals surface area (Å²) in [7, 11) is 0. The molecule has 0 spiro atoms. The van der Waals surface area contributed by atoms with Crippen molar-refractivity contribution in [3.8, 4) is 0 Å². The molecule has 0 aromatic rings. The molecule has 0 unspecified atom stereocenters. The van der Waals surface area contributed by atoms with Gasteiger partial charge in [-0.15, -0.1) is 34.8 Å². The van der Waals surface area contributed by atoms with Crippen LogP contribution in [0.3, 0.4) is 0 Å². The Bertz CT molecular complexity index is 212. The molecule has 1 radical (unpaired) electrons. The quantitative estimate of drug-likeness (QED) is 0.416. The number of esters is 1. The smallest absolute Gasteiger partial charge is 0.333 e. The molecule has 0 rings (SSSR count). The molecule has 0 atom stereocenters. The lowest BCUT2D eigenvalue weighted by Crippen LogP contribution is -2.40. The molecule has 0 aromatic carbocycles. The standard InChI is InChI=1S/C9H12Cl3O2/c1-7(2)8(13)14-9(5-11,6-12)3-4-10/h3H,1,4-6H2,2H3. The lowest BCUT2D eigenvalue weighted by atomic mass is 10.1. The lowest BCUT2D eigenvalue weighted by Gasteiger charge is -2.28. The largest absolute Gasteiger partial charge is 0.453 e. The third kappa shape index (κ3) is 4.07. The normalized spacial score (nSPS) is 11.1. The number of carbonyl (C=O) groups excluding carboxylic acids is 1. The summed E-state index contributed by atoms with van der Waals surface area (Å²) in [5.74, 6) is -0.166. The predicted octanol–water partition coefficient (Wildman–Crippen LogP) is 2.77. The Labute approximate surface area is 99.2 Å². The first-order valence-electron chi connectivity index (χ1n) is 3.92. The van der Waals surface area contributed by atoms with Gasteiger partial charge in [-0.25, -0.2) is 4.79 Å². The second kappa shape index (κ2) is 6.54. The highest BCUT2D eigenvalue weighted by Crippen LogP contribution is 2.21. The van der Waals surface area contributed by atoms with E-state index >= 15 is 0 Å². The molecular weight excluding hydrogens is 246 g/mol. The van der Waals surface area contributed by atoms with Crippen molar-refractivity contribution in [2.75, 3.05) is 17.6 Å². The summed E-state index contributed by atoms with van der Waals surface area (Å²) in [6, 6.07) is 0. The maximum Gasteiger partial charge on any atom is 0.333 e. The highest BCUT2D eigenvalue weighted by atomic mass is 35.5. The highest BCUT2D eigenvalue weighted by Gasteiger charge is 2.32. The maximum atomic E-state index is 11.2. The molecule has 0 N–H and O–H groups in total. The summed E-state index contributed by atoms with van der Waals surface area (Å²) in [6.07, 6.45) is 1.56. The van der Waals surface area contributed by atoms with Crippen molar-refractivity contribution in [3.05, 3.63) is 18.6 Å². The van der Waals surface area contributed by atoms with Crippen molar-refractivity contribution in [3.63, 3.8) is 0 Å². The van der Waals surface area contributed by atoms with Crippen LogP contribution in [0.25, 0.3) is 0 Å². The molecule has 0 heterocycles. The topological polar surface area (TPSA) is 26.3 Å². The Kier molecular flexibility index (Phi) is 6.58. The zero-order valence-corrected chi connectivity index (χ0v) is 10.1. The number of carbonyl (C=O) groups is 1. The number of halogens is 3. The first-order chi connectivity index (χ1) is 6.51. The first kappa shape index (κ1) is 14.1. The van der Waals surface area contributed by atoms with Crippen LogP contribution in [-0.4, -0.2) is 29.2 Å². The Morgan fingerprint density at radius 3 is 2.21 bits per heavy atom. The van der Waals surface area contributed by atoms with Crippen LogP contribution in [0, 0.1) is 6.42 Å². The van der Waals surface area contributed by atoms with Crippen molar-refractivity contribution in [2.24, 2.45) is 0 Å². The van der Waals surface area contributed by atoms with Gasteiger partial charge in [0.2, 0.25) is 0 Å². The molecule has 0 fully saturated rings. The summed E-state index contributed by atoms with van der Waals surface area (Å²) < 4.78 is 5.10. The van der Waals surface area contributed by atoms with Gasteiger partial charge in [-0.2, -0.15) is 0 Å². The van der Waals surface area contributed by atoms with Crippen molar-refractivity contribution in [1.82, 2.24) is 0 Å². The van der Waals surface area contributed by atoms with Gasteiger partial charge in [0.25, 0.3) is 0 Å². The van der Waals surface area contributed by atoms with E-state index in [9.17, 15) is 4.79 Å². The van der Waals surface area contributed by atoms with Gasteiger partial charge in [0.15, 0.2) is 0 Å². The summed E-state index contributed by atoms with van der Waals surface area (Å²) in [5.41, 5.74) is -0.700. The molecule has 0 aliphatic carbocycles. The van der Waals surface area contributed by atoms with Crippen LogP contribution >= 0.6 is 34.8 Å². The van der Waals surface area contributed by atoms with Crippen molar-refractivity contribution < 1.29 is 9.53 Å². The summed E-state index contributed by atoms with van der Waals surface area (Å²) >= 11 is 16.9. The number of hydrogen-bond donors (Lipinski definition) is 0. The maximum absolute atomic E-state index is 11.2. The molecule has 0 saturated carbocycles. The van der Waals surface area contributed by atoms with Gasteiger partial charge in [-0.05, 0) is 6.92 Å². The van der Waals surface area contributed by atoms with Crippen molar-refractivity contribution in [1.29, 1.82) is 0 Å². The average molecular weight is 259 g/mol. The molecule has 0 saturated heterocycles. The third-order valence-corrected chi connectivity index (χ3v) is 2.61. The van der Waals surface area contributed by atoms with Crippen molar-refractivity contribution >= 4 is 40.8 Å². The number of hydrogen-bond acceptors (Lipinski definition) is 2. The highest BCUT2D eigenvalue weighted by molar-refractivity contribution is 6.23. The molecular formula is C9H12Cl3O2. The lowest BCUT2D eigenvalue weighted by molar-refractivity contribution is -0.148. The summed E-state index contributed by atoms with van der Waals surface area (Å²) in [6.45, 7) is 5.01. The van der Waals surface area contributed by atoms with Gasteiger partial charge in [-0.1, -0.05) is 6.58 Å². The van der Waals surface area contributed by atoms with Crippen LogP contribution in [-0.2, 0) is 9.53 Å². The minimum atomic E-state index is -0.999. The minimum Gasteiger partial charge on any atom is -0.453 e. The molecule has 14 heavy (non-hydrogen) atoms. The first-order valence-corrected chi connectivity index (χ1v) is 5.53. The molecule has 0 aliphatic heterocycles. The van der Waals surface area contributed by atoms with E-state index in [2.05, 4.69) is 6.58 Å². The number of alkyl halides is 3. The monoisotopic (exact) mass is 257 g/mol. The Morgan fingerprint density at radius 1 is 1.43 bits per heavy atom. The van der Waals surface area contributed by atoms with E-state index in [1.54, 1.807) is 13.3 Å². The SMILES string of the molecule is C=C(C)C(=O)OC([CH]CCl)(CCl)CCl. The average Bonchev–Trinajstić information content (AvgIpc) is 2.16. The zero-order valence-electron chi connectivity index (χ0n) is 7.86. The van der Waals surface area contributed by atoms with E-state index in [4.69, 9.17) is 39.5 Å². The summed E-state index contributed by atoms with van der Waals surface area (Å²) in [4.78, 5) is 11.2. The summed E-state index contributed by atoms with van der Waals surface area (Å²) in [5, 5.41) is 0. The van der Waals surface area contributed by atoms with E-state index in [-0.39, 0.29) is 17.6 Å². The fourth-order valence-electron chi connectivity index (χ4n) is 0.653. The minimum absolute atomic E-state index is 0.0717. The zero-order chi connectivity index (χ0) is 11.2. The molecule has 81 valence electrons. The Hall–Kier alpha value is 0.0800. The third-order valence-electron chi connectivity index (χ3n) is 1.55. The van der Waals surface area contributed by atoms with Crippen LogP contribution in [0.15, 0.2) is 12.2 Å². The Balaban J connectivity index is 4.49. The second-order valence-electron chi connectivity index (χ2n) is 2.86. The molecule has 2 nitrogen and oxygen atoms in total.